The van der Waals surface area contributed by atoms with Gasteiger partial charge in [-0.05, 0) is 36.7 Å². The highest BCUT2D eigenvalue weighted by molar-refractivity contribution is 6.38. The Hall–Kier alpha value is -4.72. The summed E-state index contributed by atoms with van der Waals surface area (Å²) in [4.78, 5) is 91.3. The number of carbonyl (C=O) groups is 6. The number of carbonyl (C=O) groups excluding carboxylic acids is 6. The number of β-amino-alcohol motifs (C(OH)–C–C–N with tert-alkyl or cyclic N) is 1. The molecule has 14 heteroatoms. The number of hydrogen-bond donors (Lipinski definition) is 5. The van der Waals surface area contributed by atoms with E-state index in [-0.39, 0.29) is 24.6 Å². The lowest BCUT2D eigenvalue weighted by molar-refractivity contribution is -0.146. The normalized spacial score (nSPS) is 19.4. The first-order valence-corrected chi connectivity index (χ1v) is 18.6. The Balaban J connectivity index is 1.88. The van der Waals surface area contributed by atoms with E-state index in [1.165, 1.54) is 23.5 Å². The second kappa shape index (κ2) is 19.4. The average molecular weight is 736 g/mol. The van der Waals surface area contributed by atoms with E-state index in [0.29, 0.717) is 19.3 Å². The maximum Gasteiger partial charge on any atom is 0.290 e. The van der Waals surface area contributed by atoms with E-state index in [9.17, 15) is 33.9 Å². The predicted octanol–water partition coefficient (Wildman–Crippen LogP) is 2.87. The summed E-state index contributed by atoms with van der Waals surface area (Å²) in [7, 11) is 0. The summed E-state index contributed by atoms with van der Waals surface area (Å²) in [5.74, 6) is -5.17. The number of aliphatic hydroxyl groups is 1. The minimum atomic E-state index is -1.18. The number of hydrogen-bond acceptors (Lipinski definition) is 9. The number of aromatic nitrogens is 2. The lowest BCUT2D eigenvalue weighted by Gasteiger charge is -2.37. The monoisotopic (exact) mass is 735 g/mol. The Kier molecular flexibility index (Phi) is 15.6. The highest BCUT2D eigenvalue weighted by Gasteiger charge is 2.50. The molecule has 0 aliphatic carbocycles. The van der Waals surface area contributed by atoms with E-state index in [0.717, 1.165) is 12.0 Å². The minimum absolute atomic E-state index is 0.0236. The first-order chi connectivity index (χ1) is 25.0. The summed E-state index contributed by atoms with van der Waals surface area (Å²) in [5, 5.41) is 22.3. The number of Topliss-reactive ketones (excluding diaryl/α,β-unsaturated/α-hetero) is 1. The molecule has 1 fully saturated rings. The first-order valence-electron chi connectivity index (χ1n) is 18.6. The van der Waals surface area contributed by atoms with Gasteiger partial charge in [0.2, 0.25) is 23.5 Å². The topological polar surface area (TPSA) is 200 Å². The van der Waals surface area contributed by atoms with Crippen molar-refractivity contribution in [2.75, 3.05) is 6.54 Å². The lowest BCUT2D eigenvalue weighted by atomic mass is 9.84. The molecule has 3 rings (SSSR count). The number of aliphatic hydroxyl groups excluding tert-OH is 1. The Morgan fingerprint density at radius 2 is 1.60 bits per heavy atom. The van der Waals surface area contributed by atoms with E-state index in [2.05, 4.69) is 31.2 Å². The van der Waals surface area contributed by atoms with Gasteiger partial charge in [0, 0.05) is 24.9 Å². The third kappa shape index (κ3) is 11.4. The highest BCUT2D eigenvalue weighted by atomic mass is 16.3. The van der Waals surface area contributed by atoms with Gasteiger partial charge in [-0.1, -0.05) is 98.1 Å². The molecule has 1 aliphatic heterocycles. The molecule has 1 aromatic heterocycles. The molecule has 0 radical (unpaired) electrons. The predicted molar refractivity (Wildman–Crippen MR) is 199 cm³/mol. The van der Waals surface area contributed by atoms with Crippen LogP contribution in [0.2, 0.25) is 0 Å². The number of benzene rings is 1. The molecule has 0 bridgehead atoms. The van der Waals surface area contributed by atoms with Crippen molar-refractivity contribution in [1.29, 1.82) is 0 Å². The third-order valence-electron chi connectivity index (χ3n) is 9.57. The summed E-state index contributed by atoms with van der Waals surface area (Å²) in [6.07, 6.45) is 5.55. The molecule has 1 aliphatic rings. The van der Waals surface area contributed by atoms with Crippen molar-refractivity contribution in [1.82, 2.24) is 36.1 Å². The van der Waals surface area contributed by atoms with Crippen molar-refractivity contribution in [2.45, 2.75) is 124 Å². The van der Waals surface area contributed by atoms with Crippen LogP contribution in [-0.4, -0.2) is 92.1 Å². The standard InChI is InChI=1S/C39H57N7O7/c1-9-11-18-26-29(47)22-46(31(26)36(51)43-27(15-10-2)32(48)37(52)42-24(5)25-16-13-12-14-17-25)38(53)33(39(6,7)8)45-35(50)30(23(3)4)44-34(49)28-21-40-19-20-41-28/h12-14,16-17,19-21,23-24,26-27,29-31,33,47H,9-11,15,18,22H2,1-8H3,(H,42,52)(H,43,51)(H,44,49)(H,45,50)/t24-,26-,27?,29-,30+,31-,33+/m0/s1. The van der Waals surface area contributed by atoms with Crippen molar-refractivity contribution >= 4 is 35.3 Å². The van der Waals surface area contributed by atoms with Crippen LogP contribution in [0.25, 0.3) is 0 Å². The number of ketones is 1. The van der Waals surface area contributed by atoms with E-state index in [1.807, 2.05) is 44.2 Å². The molecule has 2 heterocycles. The second-order valence-electron chi connectivity index (χ2n) is 15.2. The fraction of sp³-hybridized carbons (Fsp3) is 0.590. The molecule has 5 amide bonds. The number of likely N-dealkylation sites (tertiary alicyclic amines) is 1. The summed E-state index contributed by atoms with van der Waals surface area (Å²) >= 11 is 0. The highest BCUT2D eigenvalue weighted by Crippen LogP contribution is 2.33. The van der Waals surface area contributed by atoms with E-state index < -0.39 is 83.0 Å². The van der Waals surface area contributed by atoms with E-state index in [1.54, 1.807) is 41.5 Å². The number of rotatable bonds is 17. The van der Waals surface area contributed by atoms with Gasteiger partial charge in [-0.15, -0.1) is 0 Å². The summed E-state index contributed by atoms with van der Waals surface area (Å²) in [6, 6.07) is 4.16. The van der Waals surface area contributed by atoms with Gasteiger partial charge >= 0.3 is 0 Å². The molecule has 0 saturated carbocycles. The maximum atomic E-state index is 14.5. The molecule has 5 N–H and O–H groups in total. The Morgan fingerprint density at radius 3 is 2.17 bits per heavy atom. The summed E-state index contributed by atoms with van der Waals surface area (Å²) < 4.78 is 0. The molecule has 290 valence electrons. The van der Waals surface area contributed by atoms with Gasteiger partial charge in [0.15, 0.2) is 0 Å². The molecule has 14 nitrogen and oxygen atoms in total. The van der Waals surface area contributed by atoms with Crippen molar-refractivity contribution in [3.8, 4) is 0 Å². The SMILES string of the molecule is CCCC[C@@H]1[C@@H](C(=O)NC(CCC)C(=O)C(=O)N[C@@H](C)c2ccccc2)N(C(=O)[C@@H](NC(=O)[C@H](NC(=O)c2cnccn2)C(C)C)C(C)(C)C)C[C@@H]1O. The number of nitrogens with one attached hydrogen (secondary N) is 4. The summed E-state index contributed by atoms with van der Waals surface area (Å²) in [6.45, 7) is 14.2. The van der Waals surface area contributed by atoms with Gasteiger partial charge in [0.25, 0.3) is 11.8 Å². The smallest absolute Gasteiger partial charge is 0.290 e. The molecule has 1 unspecified atom stereocenters. The van der Waals surface area contributed by atoms with Crippen LogP contribution < -0.4 is 21.3 Å². The fourth-order valence-electron chi connectivity index (χ4n) is 6.52. The molecule has 0 spiro atoms. The maximum absolute atomic E-state index is 14.5. The second-order valence-corrected chi connectivity index (χ2v) is 15.2. The largest absolute Gasteiger partial charge is 0.391 e. The van der Waals surface area contributed by atoms with Crippen molar-refractivity contribution < 1.29 is 33.9 Å². The Morgan fingerprint density at radius 1 is 0.925 bits per heavy atom. The zero-order valence-corrected chi connectivity index (χ0v) is 32.2. The zero-order valence-electron chi connectivity index (χ0n) is 32.2. The molecule has 2 aromatic rings. The van der Waals surface area contributed by atoms with Crippen LogP contribution in [0.4, 0.5) is 0 Å². The molecule has 7 atom stereocenters. The number of amides is 5. The molecule has 53 heavy (non-hydrogen) atoms. The molecular formula is C39H57N7O7. The van der Waals surface area contributed by atoms with Crippen LogP contribution in [0.15, 0.2) is 48.9 Å². The zero-order chi connectivity index (χ0) is 39.5. The van der Waals surface area contributed by atoms with Crippen molar-refractivity contribution in [3.05, 3.63) is 60.2 Å². The van der Waals surface area contributed by atoms with Gasteiger partial charge < -0.3 is 31.3 Å². The van der Waals surface area contributed by atoms with Crippen LogP contribution in [-0.2, 0) is 24.0 Å². The van der Waals surface area contributed by atoms with Crippen molar-refractivity contribution in [3.63, 3.8) is 0 Å². The van der Waals surface area contributed by atoms with Gasteiger partial charge in [-0.25, -0.2) is 4.98 Å². The first kappa shape index (κ1) is 42.7. The van der Waals surface area contributed by atoms with Gasteiger partial charge in [0.05, 0.1) is 24.4 Å². The van der Waals surface area contributed by atoms with E-state index >= 15 is 0 Å². The Labute approximate surface area is 312 Å². The summed E-state index contributed by atoms with van der Waals surface area (Å²) in [5.41, 5.74) is -0.0357. The number of unbranched alkanes of at least 4 members (excludes halogenated alkanes) is 1. The van der Waals surface area contributed by atoms with E-state index in [4.69, 9.17) is 0 Å². The van der Waals surface area contributed by atoms with Crippen LogP contribution in [0.3, 0.4) is 0 Å². The number of nitrogens with zero attached hydrogens (tertiary/aromatic N) is 3. The molecule has 1 saturated heterocycles. The fourth-order valence-corrected chi connectivity index (χ4v) is 6.52. The minimum Gasteiger partial charge on any atom is -0.391 e. The van der Waals surface area contributed by atoms with Crippen LogP contribution in [0.5, 0.6) is 0 Å². The van der Waals surface area contributed by atoms with Crippen LogP contribution in [0.1, 0.15) is 110 Å². The van der Waals surface area contributed by atoms with Gasteiger partial charge in [0.1, 0.15) is 23.8 Å². The average Bonchev–Trinajstić information content (AvgIpc) is 3.46. The van der Waals surface area contributed by atoms with Crippen LogP contribution >= 0.6 is 0 Å². The third-order valence-corrected chi connectivity index (χ3v) is 9.57. The lowest BCUT2D eigenvalue weighted by Crippen LogP contribution is -2.62. The van der Waals surface area contributed by atoms with Gasteiger partial charge in [-0.2, -0.15) is 0 Å². The van der Waals surface area contributed by atoms with Crippen LogP contribution in [0, 0.1) is 17.3 Å². The quantitative estimate of drug-likeness (QED) is 0.152. The molecule has 1 aromatic carbocycles. The van der Waals surface area contributed by atoms with Gasteiger partial charge in [-0.3, -0.25) is 33.8 Å². The molecular weight excluding hydrogens is 678 g/mol. The Bertz CT molecular complexity index is 1560. The van der Waals surface area contributed by atoms with Crippen molar-refractivity contribution in [2.24, 2.45) is 17.3 Å².